The Balaban J connectivity index is 1.96. The van der Waals surface area contributed by atoms with Gasteiger partial charge >= 0.3 is 0 Å². The maximum atomic E-state index is 11.7. The fourth-order valence-electron chi connectivity index (χ4n) is 2.03. The smallest absolute Gasteiger partial charge is 0.253 e. The molecular formula is C14H20N2O2. The average Bonchev–Trinajstić information content (AvgIpc) is 2.40. The summed E-state index contributed by atoms with van der Waals surface area (Å²) in [6.07, 6.45) is 0. The van der Waals surface area contributed by atoms with Gasteiger partial charge in [-0.15, -0.1) is 0 Å². The molecule has 0 aliphatic carbocycles. The molecule has 0 unspecified atom stereocenters. The molecule has 1 aliphatic rings. The SMILES string of the molecule is CN(C)C(=O)c1ccc(CN2CCOCC2)cc1. The van der Waals surface area contributed by atoms with Gasteiger partial charge in [0.1, 0.15) is 0 Å². The predicted octanol–water partition coefficient (Wildman–Crippen LogP) is 1.22. The molecule has 18 heavy (non-hydrogen) atoms. The fraction of sp³-hybridized carbons (Fsp3) is 0.500. The highest BCUT2D eigenvalue weighted by atomic mass is 16.5. The Morgan fingerprint density at radius 2 is 1.83 bits per heavy atom. The maximum absolute atomic E-state index is 11.7. The summed E-state index contributed by atoms with van der Waals surface area (Å²) in [6, 6.07) is 7.87. The van der Waals surface area contributed by atoms with E-state index in [4.69, 9.17) is 4.74 Å². The number of carbonyl (C=O) groups excluding carboxylic acids is 1. The quantitative estimate of drug-likeness (QED) is 0.806. The van der Waals surface area contributed by atoms with E-state index in [0.717, 1.165) is 38.4 Å². The molecule has 1 saturated heterocycles. The lowest BCUT2D eigenvalue weighted by Gasteiger charge is -2.26. The highest BCUT2D eigenvalue weighted by molar-refractivity contribution is 5.93. The van der Waals surface area contributed by atoms with Crippen LogP contribution in [0.15, 0.2) is 24.3 Å². The van der Waals surface area contributed by atoms with Crippen LogP contribution in [0.25, 0.3) is 0 Å². The second-order valence-corrected chi connectivity index (χ2v) is 4.79. The molecule has 1 fully saturated rings. The Morgan fingerprint density at radius 3 is 2.39 bits per heavy atom. The van der Waals surface area contributed by atoms with E-state index < -0.39 is 0 Å². The Hall–Kier alpha value is -1.39. The van der Waals surface area contributed by atoms with Crippen molar-refractivity contribution >= 4 is 5.91 Å². The number of carbonyl (C=O) groups is 1. The minimum Gasteiger partial charge on any atom is -0.379 e. The summed E-state index contributed by atoms with van der Waals surface area (Å²) in [7, 11) is 3.54. The molecule has 0 radical (unpaired) electrons. The highest BCUT2D eigenvalue weighted by Gasteiger charge is 2.11. The molecule has 0 aromatic heterocycles. The van der Waals surface area contributed by atoms with Crippen LogP contribution >= 0.6 is 0 Å². The normalized spacial score (nSPS) is 16.6. The summed E-state index contributed by atoms with van der Waals surface area (Å²) in [6.45, 7) is 4.53. The van der Waals surface area contributed by atoms with Crippen molar-refractivity contribution in [1.82, 2.24) is 9.80 Å². The molecule has 0 saturated carbocycles. The van der Waals surface area contributed by atoms with Crippen molar-refractivity contribution in [2.75, 3.05) is 40.4 Å². The van der Waals surface area contributed by atoms with Gasteiger partial charge in [-0.25, -0.2) is 0 Å². The molecule has 1 heterocycles. The van der Waals surface area contributed by atoms with E-state index in [-0.39, 0.29) is 5.91 Å². The van der Waals surface area contributed by atoms with Crippen LogP contribution in [0.5, 0.6) is 0 Å². The van der Waals surface area contributed by atoms with E-state index >= 15 is 0 Å². The van der Waals surface area contributed by atoms with E-state index in [1.165, 1.54) is 5.56 Å². The first-order valence-electron chi connectivity index (χ1n) is 6.27. The molecule has 1 aromatic carbocycles. The fourth-order valence-corrected chi connectivity index (χ4v) is 2.03. The third-order valence-electron chi connectivity index (χ3n) is 3.12. The van der Waals surface area contributed by atoms with Crippen LogP contribution in [0.4, 0.5) is 0 Å². The van der Waals surface area contributed by atoms with Gasteiger partial charge in [-0.2, -0.15) is 0 Å². The van der Waals surface area contributed by atoms with Crippen molar-refractivity contribution in [1.29, 1.82) is 0 Å². The van der Waals surface area contributed by atoms with Crippen molar-refractivity contribution in [3.05, 3.63) is 35.4 Å². The van der Waals surface area contributed by atoms with E-state index in [1.54, 1.807) is 19.0 Å². The van der Waals surface area contributed by atoms with Crippen LogP contribution < -0.4 is 0 Å². The molecule has 1 amide bonds. The monoisotopic (exact) mass is 248 g/mol. The Morgan fingerprint density at radius 1 is 1.22 bits per heavy atom. The highest BCUT2D eigenvalue weighted by Crippen LogP contribution is 2.10. The number of ether oxygens (including phenoxy) is 1. The molecule has 2 rings (SSSR count). The van der Waals surface area contributed by atoms with E-state index in [2.05, 4.69) is 4.90 Å². The molecule has 0 atom stereocenters. The topological polar surface area (TPSA) is 32.8 Å². The number of hydrogen-bond donors (Lipinski definition) is 0. The van der Waals surface area contributed by atoms with Gasteiger partial charge in [0, 0.05) is 39.3 Å². The zero-order valence-corrected chi connectivity index (χ0v) is 11.1. The van der Waals surface area contributed by atoms with Gasteiger partial charge in [0.25, 0.3) is 5.91 Å². The largest absolute Gasteiger partial charge is 0.379 e. The molecule has 4 nitrogen and oxygen atoms in total. The number of morpholine rings is 1. The predicted molar refractivity (Wildman–Crippen MR) is 70.6 cm³/mol. The molecule has 0 bridgehead atoms. The number of nitrogens with zero attached hydrogens (tertiary/aromatic N) is 2. The molecule has 1 aliphatic heterocycles. The van der Waals surface area contributed by atoms with Gasteiger partial charge in [0.05, 0.1) is 13.2 Å². The Labute approximate surface area is 108 Å². The lowest BCUT2D eigenvalue weighted by molar-refractivity contribution is 0.0342. The van der Waals surface area contributed by atoms with Gasteiger partial charge in [-0.1, -0.05) is 12.1 Å². The van der Waals surface area contributed by atoms with Crippen LogP contribution in [-0.2, 0) is 11.3 Å². The van der Waals surface area contributed by atoms with Crippen molar-refractivity contribution in [3.63, 3.8) is 0 Å². The van der Waals surface area contributed by atoms with Crippen molar-refractivity contribution < 1.29 is 9.53 Å². The first-order chi connectivity index (χ1) is 8.66. The van der Waals surface area contributed by atoms with Crippen molar-refractivity contribution in [2.24, 2.45) is 0 Å². The molecule has 0 spiro atoms. The Bertz CT molecular complexity index is 395. The molecule has 0 N–H and O–H groups in total. The summed E-state index contributed by atoms with van der Waals surface area (Å²) in [5, 5.41) is 0. The van der Waals surface area contributed by atoms with Crippen LogP contribution in [0.1, 0.15) is 15.9 Å². The van der Waals surface area contributed by atoms with Gasteiger partial charge in [0.15, 0.2) is 0 Å². The molecule has 4 heteroatoms. The molecule has 98 valence electrons. The third kappa shape index (κ3) is 3.31. The average molecular weight is 248 g/mol. The summed E-state index contributed by atoms with van der Waals surface area (Å²) < 4.78 is 5.32. The summed E-state index contributed by atoms with van der Waals surface area (Å²) in [4.78, 5) is 15.7. The van der Waals surface area contributed by atoms with Crippen LogP contribution in [0, 0.1) is 0 Å². The van der Waals surface area contributed by atoms with Gasteiger partial charge < -0.3 is 9.64 Å². The molecular weight excluding hydrogens is 228 g/mol. The van der Waals surface area contributed by atoms with E-state index in [9.17, 15) is 4.79 Å². The van der Waals surface area contributed by atoms with Gasteiger partial charge in [-0.3, -0.25) is 9.69 Å². The van der Waals surface area contributed by atoms with Gasteiger partial charge in [0.2, 0.25) is 0 Å². The summed E-state index contributed by atoms with van der Waals surface area (Å²) in [5.41, 5.74) is 1.98. The van der Waals surface area contributed by atoms with Crippen molar-refractivity contribution in [3.8, 4) is 0 Å². The number of benzene rings is 1. The van der Waals surface area contributed by atoms with E-state index in [1.807, 2.05) is 24.3 Å². The zero-order valence-electron chi connectivity index (χ0n) is 11.1. The van der Waals surface area contributed by atoms with E-state index in [0.29, 0.717) is 0 Å². The first kappa shape index (κ1) is 13.1. The summed E-state index contributed by atoms with van der Waals surface area (Å²) >= 11 is 0. The molecule has 1 aromatic rings. The second-order valence-electron chi connectivity index (χ2n) is 4.79. The summed E-state index contributed by atoms with van der Waals surface area (Å²) in [5.74, 6) is 0.0490. The lowest BCUT2D eigenvalue weighted by Crippen LogP contribution is -2.35. The lowest BCUT2D eigenvalue weighted by atomic mass is 10.1. The third-order valence-corrected chi connectivity index (χ3v) is 3.12. The van der Waals surface area contributed by atoms with Gasteiger partial charge in [-0.05, 0) is 17.7 Å². The maximum Gasteiger partial charge on any atom is 0.253 e. The first-order valence-corrected chi connectivity index (χ1v) is 6.27. The standard InChI is InChI=1S/C14H20N2O2/c1-15(2)14(17)13-5-3-12(4-6-13)11-16-7-9-18-10-8-16/h3-6H,7-11H2,1-2H3. The van der Waals surface area contributed by atoms with Crippen LogP contribution in [-0.4, -0.2) is 56.1 Å². The number of hydrogen-bond acceptors (Lipinski definition) is 3. The second kappa shape index (κ2) is 5.98. The van der Waals surface area contributed by atoms with Crippen LogP contribution in [0.2, 0.25) is 0 Å². The zero-order chi connectivity index (χ0) is 13.0. The Kier molecular flexibility index (Phi) is 4.33. The number of amides is 1. The minimum atomic E-state index is 0.0490. The van der Waals surface area contributed by atoms with Crippen LogP contribution in [0.3, 0.4) is 0 Å². The minimum absolute atomic E-state index is 0.0490. The number of rotatable bonds is 3. The van der Waals surface area contributed by atoms with Crippen molar-refractivity contribution in [2.45, 2.75) is 6.54 Å².